The molecule has 0 radical (unpaired) electrons. The molecule has 0 heterocycles. The number of carbonyl (C=O) groups is 2. The molecule has 2 N–H and O–H groups in total. The molecule has 2 amide bonds. The van der Waals surface area contributed by atoms with Crippen LogP contribution in [0.3, 0.4) is 0 Å². The van der Waals surface area contributed by atoms with Gasteiger partial charge in [0.25, 0.3) is 0 Å². The third-order valence-electron chi connectivity index (χ3n) is 2.66. The SMILES string of the molecule is CN(C)CCNC(=O)C(=O)NCCc1ccc(Cl)cc1. The Balaban J connectivity index is 2.22. The van der Waals surface area contributed by atoms with Crippen molar-refractivity contribution in [2.24, 2.45) is 0 Å². The molecule has 6 heteroatoms. The summed E-state index contributed by atoms with van der Waals surface area (Å²) < 4.78 is 0. The summed E-state index contributed by atoms with van der Waals surface area (Å²) in [5.74, 6) is -1.19. The van der Waals surface area contributed by atoms with Gasteiger partial charge < -0.3 is 15.5 Å². The van der Waals surface area contributed by atoms with Crippen LogP contribution < -0.4 is 10.6 Å². The van der Waals surface area contributed by atoms with Gasteiger partial charge in [0.2, 0.25) is 0 Å². The monoisotopic (exact) mass is 297 g/mol. The Bertz CT molecular complexity index is 446. The van der Waals surface area contributed by atoms with E-state index in [0.29, 0.717) is 31.1 Å². The molecule has 0 aliphatic rings. The summed E-state index contributed by atoms with van der Waals surface area (Å²) in [5.41, 5.74) is 1.06. The molecular weight excluding hydrogens is 278 g/mol. The van der Waals surface area contributed by atoms with E-state index in [2.05, 4.69) is 10.6 Å². The van der Waals surface area contributed by atoms with Crippen LogP contribution in [0.2, 0.25) is 5.02 Å². The second-order valence-electron chi connectivity index (χ2n) is 4.69. The predicted molar refractivity (Wildman–Crippen MR) is 79.7 cm³/mol. The molecule has 1 aromatic carbocycles. The number of carbonyl (C=O) groups excluding carboxylic acids is 2. The second-order valence-corrected chi connectivity index (χ2v) is 5.13. The fourth-order valence-electron chi connectivity index (χ4n) is 1.53. The van der Waals surface area contributed by atoms with E-state index in [4.69, 9.17) is 11.6 Å². The molecule has 1 aromatic rings. The number of nitrogens with zero attached hydrogens (tertiary/aromatic N) is 1. The van der Waals surface area contributed by atoms with Crippen molar-refractivity contribution in [3.8, 4) is 0 Å². The number of rotatable bonds is 6. The van der Waals surface area contributed by atoms with Crippen LogP contribution in [0, 0.1) is 0 Å². The van der Waals surface area contributed by atoms with Crippen molar-refractivity contribution >= 4 is 23.4 Å². The van der Waals surface area contributed by atoms with Gasteiger partial charge in [0.15, 0.2) is 0 Å². The second kappa shape index (κ2) is 8.55. The first kappa shape index (κ1) is 16.5. The van der Waals surface area contributed by atoms with E-state index >= 15 is 0 Å². The summed E-state index contributed by atoms with van der Waals surface area (Å²) >= 11 is 5.78. The van der Waals surface area contributed by atoms with Gasteiger partial charge in [-0.05, 0) is 38.2 Å². The van der Waals surface area contributed by atoms with E-state index < -0.39 is 11.8 Å². The highest BCUT2D eigenvalue weighted by Crippen LogP contribution is 2.09. The normalized spacial score (nSPS) is 10.4. The number of hydrogen-bond donors (Lipinski definition) is 2. The average Bonchev–Trinajstić information content (AvgIpc) is 2.40. The molecule has 20 heavy (non-hydrogen) atoms. The molecule has 0 aliphatic carbocycles. The first-order valence-corrected chi connectivity index (χ1v) is 6.82. The maximum atomic E-state index is 11.5. The maximum Gasteiger partial charge on any atom is 0.309 e. The Labute approximate surface area is 124 Å². The Hall–Kier alpha value is -1.59. The van der Waals surface area contributed by atoms with Crippen LogP contribution in [-0.2, 0) is 16.0 Å². The van der Waals surface area contributed by atoms with Crippen molar-refractivity contribution in [2.45, 2.75) is 6.42 Å². The van der Waals surface area contributed by atoms with Gasteiger partial charge in [-0.3, -0.25) is 9.59 Å². The number of likely N-dealkylation sites (N-methyl/N-ethyl adjacent to an activating group) is 1. The third kappa shape index (κ3) is 6.54. The number of nitrogens with one attached hydrogen (secondary N) is 2. The molecule has 0 fully saturated rings. The van der Waals surface area contributed by atoms with Crippen LogP contribution in [0.15, 0.2) is 24.3 Å². The van der Waals surface area contributed by atoms with Gasteiger partial charge in [-0.15, -0.1) is 0 Å². The van der Waals surface area contributed by atoms with Gasteiger partial charge in [0.05, 0.1) is 0 Å². The summed E-state index contributed by atoms with van der Waals surface area (Å²) in [6.07, 6.45) is 0.661. The summed E-state index contributed by atoms with van der Waals surface area (Å²) in [6.45, 7) is 1.57. The molecular formula is C14H20ClN3O2. The fourth-order valence-corrected chi connectivity index (χ4v) is 1.65. The van der Waals surface area contributed by atoms with Crippen molar-refractivity contribution < 1.29 is 9.59 Å². The highest BCUT2D eigenvalue weighted by molar-refractivity contribution is 6.35. The lowest BCUT2D eigenvalue weighted by Crippen LogP contribution is -2.42. The van der Waals surface area contributed by atoms with Gasteiger partial charge in [0, 0.05) is 24.7 Å². The molecule has 0 aromatic heterocycles. The smallest absolute Gasteiger partial charge is 0.309 e. The van der Waals surface area contributed by atoms with E-state index in [9.17, 15) is 9.59 Å². The molecule has 0 saturated heterocycles. The minimum absolute atomic E-state index is 0.418. The Morgan fingerprint density at radius 3 is 2.15 bits per heavy atom. The first-order chi connectivity index (χ1) is 9.49. The number of benzene rings is 1. The van der Waals surface area contributed by atoms with Gasteiger partial charge in [-0.25, -0.2) is 0 Å². The van der Waals surface area contributed by atoms with Crippen molar-refractivity contribution in [2.75, 3.05) is 33.7 Å². The van der Waals surface area contributed by atoms with Crippen molar-refractivity contribution in [3.05, 3.63) is 34.9 Å². The number of hydrogen-bond acceptors (Lipinski definition) is 3. The maximum absolute atomic E-state index is 11.5. The van der Waals surface area contributed by atoms with E-state index in [-0.39, 0.29) is 0 Å². The fraction of sp³-hybridized carbons (Fsp3) is 0.429. The highest BCUT2D eigenvalue weighted by Gasteiger charge is 2.11. The molecule has 5 nitrogen and oxygen atoms in total. The molecule has 0 aliphatic heterocycles. The molecule has 110 valence electrons. The lowest BCUT2D eigenvalue weighted by molar-refractivity contribution is -0.139. The summed E-state index contributed by atoms with van der Waals surface area (Å²) in [4.78, 5) is 24.9. The van der Waals surface area contributed by atoms with Gasteiger partial charge in [-0.2, -0.15) is 0 Å². The highest BCUT2D eigenvalue weighted by atomic mass is 35.5. The molecule has 0 bridgehead atoms. The molecule has 0 unspecified atom stereocenters. The Kier molecular flexibility index (Phi) is 7.04. The lowest BCUT2D eigenvalue weighted by atomic mass is 10.1. The van der Waals surface area contributed by atoms with Gasteiger partial charge in [0.1, 0.15) is 0 Å². The van der Waals surface area contributed by atoms with E-state index in [1.165, 1.54) is 0 Å². The van der Waals surface area contributed by atoms with E-state index in [1.807, 2.05) is 31.1 Å². The van der Waals surface area contributed by atoms with Crippen LogP contribution in [0.4, 0.5) is 0 Å². The Morgan fingerprint density at radius 1 is 1.05 bits per heavy atom. The minimum atomic E-state index is -0.599. The van der Waals surface area contributed by atoms with Crippen LogP contribution >= 0.6 is 11.6 Å². The largest absolute Gasteiger partial charge is 0.348 e. The molecule has 0 spiro atoms. The average molecular weight is 298 g/mol. The number of amides is 2. The molecule has 0 atom stereocenters. The van der Waals surface area contributed by atoms with Crippen molar-refractivity contribution in [1.29, 1.82) is 0 Å². The van der Waals surface area contributed by atoms with Crippen LogP contribution in [0.25, 0.3) is 0 Å². The van der Waals surface area contributed by atoms with Crippen molar-refractivity contribution in [3.63, 3.8) is 0 Å². The van der Waals surface area contributed by atoms with E-state index in [1.54, 1.807) is 12.1 Å². The summed E-state index contributed by atoms with van der Waals surface area (Å²) in [5, 5.41) is 5.82. The summed E-state index contributed by atoms with van der Waals surface area (Å²) in [6, 6.07) is 7.39. The minimum Gasteiger partial charge on any atom is -0.348 e. The van der Waals surface area contributed by atoms with E-state index in [0.717, 1.165) is 5.56 Å². The zero-order chi connectivity index (χ0) is 15.0. The van der Waals surface area contributed by atoms with Crippen LogP contribution in [-0.4, -0.2) is 50.4 Å². The third-order valence-corrected chi connectivity index (χ3v) is 2.92. The quantitative estimate of drug-likeness (QED) is 0.759. The summed E-state index contributed by atoms with van der Waals surface area (Å²) in [7, 11) is 3.80. The van der Waals surface area contributed by atoms with Crippen LogP contribution in [0.5, 0.6) is 0 Å². The topological polar surface area (TPSA) is 61.4 Å². The van der Waals surface area contributed by atoms with Crippen LogP contribution in [0.1, 0.15) is 5.56 Å². The predicted octanol–water partition coefficient (Wildman–Crippen LogP) is 0.677. The van der Waals surface area contributed by atoms with Gasteiger partial charge in [-0.1, -0.05) is 23.7 Å². The standard InChI is InChI=1S/C14H20ClN3O2/c1-18(2)10-9-17-14(20)13(19)16-8-7-11-3-5-12(15)6-4-11/h3-6H,7-10H2,1-2H3,(H,16,19)(H,17,20). The zero-order valence-corrected chi connectivity index (χ0v) is 12.5. The van der Waals surface area contributed by atoms with Gasteiger partial charge >= 0.3 is 11.8 Å². The zero-order valence-electron chi connectivity index (χ0n) is 11.8. The first-order valence-electron chi connectivity index (χ1n) is 6.44. The lowest BCUT2D eigenvalue weighted by Gasteiger charge is -2.10. The molecule has 0 saturated carbocycles. The number of halogens is 1. The Morgan fingerprint density at radius 2 is 1.60 bits per heavy atom. The molecule has 1 rings (SSSR count). The van der Waals surface area contributed by atoms with Crippen molar-refractivity contribution in [1.82, 2.24) is 15.5 Å².